The van der Waals surface area contributed by atoms with Crippen LogP contribution in [0.1, 0.15) is 10.4 Å². The second-order valence-electron chi connectivity index (χ2n) is 4.63. The number of para-hydroxylation sites is 1. The third-order valence-electron chi connectivity index (χ3n) is 3.22. The fourth-order valence-electron chi connectivity index (χ4n) is 2.24. The molecule has 110 valence electrons. The molecule has 0 atom stereocenters. The fourth-order valence-corrected chi connectivity index (χ4v) is 2.81. The number of aromatic nitrogens is 1. The minimum Gasteiger partial charge on any atom is -0.618 e. The Kier molecular flexibility index (Phi) is 3.88. The van der Waals surface area contributed by atoms with Gasteiger partial charge in [0.1, 0.15) is 5.69 Å². The van der Waals surface area contributed by atoms with E-state index in [0.29, 0.717) is 15.9 Å². The zero-order valence-corrected chi connectivity index (χ0v) is 12.7. The Morgan fingerprint density at radius 3 is 2.36 bits per heavy atom. The highest BCUT2D eigenvalue weighted by Crippen LogP contribution is 2.26. The molecule has 0 saturated carbocycles. The molecule has 3 rings (SSSR count). The molecule has 0 aliphatic rings. The Bertz CT molecular complexity index is 856. The number of pyridine rings is 1. The van der Waals surface area contributed by atoms with Crippen molar-refractivity contribution in [1.82, 2.24) is 0 Å². The maximum Gasteiger partial charge on any atom is 0.258 e. The molecule has 0 bridgehead atoms. The lowest BCUT2D eigenvalue weighted by molar-refractivity contribution is -0.576. The highest BCUT2D eigenvalue weighted by molar-refractivity contribution is 6.40. The summed E-state index contributed by atoms with van der Waals surface area (Å²) in [7, 11) is 0. The van der Waals surface area contributed by atoms with Crippen LogP contribution in [0.4, 0.5) is 5.69 Å². The van der Waals surface area contributed by atoms with E-state index < -0.39 is 5.91 Å². The monoisotopic (exact) mass is 332 g/mol. The van der Waals surface area contributed by atoms with E-state index in [9.17, 15) is 10.0 Å². The van der Waals surface area contributed by atoms with Crippen molar-refractivity contribution in [2.24, 2.45) is 0 Å². The van der Waals surface area contributed by atoms with Gasteiger partial charge in [0.15, 0.2) is 6.20 Å². The molecule has 3 aromatic rings. The Balaban J connectivity index is 2.06. The number of benzene rings is 2. The average Bonchev–Trinajstić information content (AvgIpc) is 2.47. The highest BCUT2D eigenvalue weighted by Gasteiger charge is 2.17. The fraction of sp³-hybridized carbons (Fsp3) is 0. The second-order valence-corrected chi connectivity index (χ2v) is 5.44. The van der Waals surface area contributed by atoms with Crippen LogP contribution in [-0.2, 0) is 0 Å². The smallest absolute Gasteiger partial charge is 0.258 e. The van der Waals surface area contributed by atoms with Crippen molar-refractivity contribution in [3.05, 3.63) is 75.5 Å². The number of carbonyl (C=O) groups is 1. The summed E-state index contributed by atoms with van der Waals surface area (Å²) in [5.74, 6) is -0.466. The zero-order chi connectivity index (χ0) is 15.7. The normalized spacial score (nSPS) is 10.6. The first-order chi connectivity index (χ1) is 10.6. The van der Waals surface area contributed by atoms with Gasteiger partial charge >= 0.3 is 0 Å². The summed E-state index contributed by atoms with van der Waals surface area (Å²) in [5, 5.41) is 15.9. The van der Waals surface area contributed by atoms with Gasteiger partial charge in [0.2, 0.25) is 5.52 Å². The minimum atomic E-state index is -0.466. The lowest BCUT2D eigenvalue weighted by atomic mass is 10.1. The summed E-state index contributed by atoms with van der Waals surface area (Å²) >= 11 is 12.1. The molecule has 0 fully saturated rings. The summed E-state index contributed by atoms with van der Waals surface area (Å²) in [4.78, 5) is 12.4. The summed E-state index contributed by atoms with van der Waals surface area (Å²) in [6.45, 7) is 0. The molecule has 0 unspecified atom stereocenters. The van der Waals surface area contributed by atoms with Gasteiger partial charge < -0.3 is 10.5 Å². The van der Waals surface area contributed by atoms with Crippen LogP contribution >= 0.6 is 23.2 Å². The van der Waals surface area contributed by atoms with Gasteiger partial charge in [-0.15, -0.1) is 0 Å². The molecule has 1 aromatic heterocycles. The van der Waals surface area contributed by atoms with Gasteiger partial charge in [0.05, 0.1) is 15.6 Å². The Labute approximate surface area is 136 Å². The average molecular weight is 333 g/mol. The van der Waals surface area contributed by atoms with E-state index in [-0.39, 0.29) is 15.6 Å². The molecule has 22 heavy (non-hydrogen) atoms. The third-order valence-corrected chi connectivity index (χ3v) is 3.85. The largest absolute Gasteiger partial charge is 0.618 e. The van der Waals surface area contributed by atoms with E-state index >= 15 is 0 Å². The highest BCUT2D eigenvalue weighted by atomic mass is 35.5. The lowest BCUT2D eigenvalue weighted by Gasteiger charge is -2.10. The Hall–Kier alpha value is -2.30. The number of rotatable bonds is 2. The number of anilines is 1. The number of fused-ring (bicyclic) bond motifs is 1. The van der Waals surface area contributed by atoms with E-state index in [4.69, 9.17) is 23.2 Å². The van der Waals surface area contributed by atoms with Crippen molar-refractivity contribution in [3.63, 3.8) is 0 Å². The first-order valence-electron chi connectivity index (χ1n) is 6.44. The van der Waals surface area contributed by atoms with Crippen LogP contribution in [0.2, 0.25) is 10.0 Å². The van der Waals surface area contributed by atoms with Gasteiger partial charge in [-0.2, -0.15) is 4.73 Å². The quantitative estimate of drug-likeness (QED) is 0.569. The van der Waals surface area contributed by atoms with Crippen molar-refractivity contribution in [3.8, 4) is 0 Å². The van der Waals surface area contributed by atoms with Crippen molar-refractivity contribution < 1.29 is 9.52 Å². The second kappa shape index (κ2) is 5.83. The van der Waals surface area contributed by atoms with Crippen molar-refractivity contribution in [1.29, 1.82) is 0 Å². The first kappa shape index (κ1) is 14.6. The molecule has 0 aliphatic carbocycles. The standard InChI is InChI=1S/C16H10Cl2N2O2/c17-11-6-2-7-12(18)14(11)16(21)19-13-8-1-4-10-5-3-9-20(22)15(10)13/h1-9H,(H,19,21). The molecule has 0 spiro atoms. The van der Waals surface area contributed by atoms with Crippen LogP contribution in [0.5, 0.6) is 0 Å². The van der Waals surface area contributed by atoms with Crippen LogP contribution in [0, 0.1) is 5.21 Å². The van der Waals surface area contributed by atoms with Gasteiger partial charge in [-0.25, -0.2) is 0 Å². The molecule has 0 radical (unpaired) electrons. The summed E-state index contributed by atoms with van der Waals surface area (Å²) in [5.41, 5.74) is 0.951. The molecule has 1 N–H and O–H groups in total. The molecule has 0 saturated heterocycles. The number of hydrogen-bond acceptors (Lipinski definition) is 2. The van der Waals surface area contributed by atoms with Crippen LogP contribution < -0.4 is 10.0 Å². The summed E-state index contributed by atoms with van der Waals surface area (Å²) < 4.78 is 0.707. The van der Waals surface area contributed by atoms with E-state index in [1.165, 1.54) is 6.20 Å². The number of amides is 1. The SMILES string of the molecule is O=C(Nc1cccc2ccc[n+]([O-])c12)c1c(Cl)cccc1Cl. The number of halogens is 2. The molecule has 6 heteroatoms. The third kappa shape index (κ3) is 2.58. The summed E-state index contributed by atoms with van der Waals surface area (Å²) in [6.07, 6.45) is 1.38. The number of nitrogens with zero attached hydrogens (tertiary/aromatic N) is 1. The molecule has 4 nitrogen and oxygen atoms in total. The predicted molar refractivity (Wildman–Crippen MR) is 87.3 cm³/mol. The molecule has 0 aliphatic heterocycles. The lowest BCUT2D eigenvalue weighted by Crippen LogP contribution is -2.27. The molecular weight excluding hydrogens is 323 g/mol. The number of nitrogens with one attached hydrogen (secondary N) is 1. The minimum absolute atomic E-state index is 0.177. The van der Waals surface area contributed by atoms with E-state index in [1.807, 2.05) is 0 Å². The van der Waals surface area contributed by atoms with Crippen molar-refractivity contribution in [2.45, 2.75) is 0 Å². The molecule has 1 heterocycles. The van der Waals surface area contributed by atoms with E-state index in [2.05, 4.69) is 5.32 Å². The zero-order valence-electron chi connectivity index (χ0n) is 11.2. The van der Waals surface area contributed by atoms with Gasteiger partial charge in [-0.05, 0) is 30.3 Å². The van der Waals surface area contributed by atoms with E-state index in [0.717, 1.165) is 5.39 Å². The Morgan fingerprint density at radius 1 is 1.00 bits per heavy atom. The van der Waals surface area contributed by atoms with Gasteiger partial charge in [0.25, 0.3) is 5.91 Å². The first-order valence-corrected chi connectivity index (χ1v) is 7.20. The van der Waals surface area contributed by atoms with Gasteiger partial charge in [0, 0.05) is 11.5 Å². The topological polar surface area (TPSA) is 56.0 Å². The van der Waals surface area contributed by atoms with Crippen LogP contribution in [0.25, 0.3) is 10.9 Å². The molecular formula is C16H10Cl2N2O2. The number of carbonyl (C=O) groups excluding carboxylic acids is 1. The van der Waals surface area contributed by atoms with Crippen molar-refractivity contribution in [2.75, 3.05) is 5.32 Å². The maximum atomic E-state index is 12.4. The van der Waals surface area contributed by atoms with Gasteiger partial charge in [-0.1, -0.05) is 35.3 Å². The Morgan fingerprint density at radius 2 is 1.64 bits per heavy atom. The maximum absolute atomic E-state index is 12.4. The molecule has 2 aromatic carbocycles. The summed E-state index contributed by atoms with van der Waals surface area (Å²) in [6, 6.07) is 13.5. The molecule has 1 amide bonds. The van der Waals surface area contributed by atoms with Crippen LogP contribution in [0.15, 0.2) is 54.7 Å². The van der Waals surface area contributed by atoms with E-state index in [1.54, 1.807) is 48.5 Å². The van der Waals surface area contributed by atoms with Crippen molar-refractivity contribution >= 4 is 45.7 Å². The predicted octanol–water partition coefficient (Wildman–Crippen LogP) is 4.03. The van der Waals surface area contributed by atoms with Crippen LogP contribution in [-0.4, -0.2) is 5.91 Å². The van der Waals surface area contributed by atoms with Crippen LogP contribution in [0.3, 0.4) is 0 Å². The number of hydrogen-bond donors (Lipinski definition) is 1. The van der Waals surface area contributed by atoms with Gasteiger partial charge in [-0.3, -0.25) is 4.79 Å².